The zero-order chi connectivity index (χ0) is 14.1. The van der Waals surface area contributed by atoms with E-state index in [9.17, 15) is 0 Å². The predicted octanol–water partition coefficient (Wildman–Crippen LogP) is 4.40. The van der Waals surface area contributed by atoms with Crippen LogP contribution in [0.1, 0.15) is 11.4 Å². The van der Waals surface area contributed by atoms with Crippen LogP contribution < -0.4 is 0 Å². The van der Waals surface area contributed by atoms with Crippen LogP contribution in [-0.4, -0.2) is 9.55 Å². The minimum absolute atomic E-state index is 0.326. The lowest BCUT2D eigenvalue weighted by Crippen LogP contribution is -1.99. The Kier molecular flexibility index (Phi) is 3.47. The third kappa shape index (κ3) is 2.20. The Hall–Kier alpha value is -1.83. The minimum atomic E-state index is 0.326. The summed E-state index contributed by atoms with van der Waals surface area (Å²) in [4.78, 5) is 4.54. The summed E-state index contributed by atoms with van der Waals surface area (Å²) >= 11 is 9.48. The average molecular weight is 347 g/mol. The van der Waals surface area contributed by atoms with E-state index in [0.29, 0.717) is 11.4 Å². The molecule has 0 aliphatic carbocycles. The molecule has 2 aromatic carbocycles. The van der Waals surface area contributed by atoms with E-state index in [1.165, 1.54) is 0 Å². The Balaban J connectivity index is 2.27. The van der Waals surface area contributed by atoms with E-state index in [2.05, 4.69) is 27.0 Å². The second kappa shape index (κ2) is 5.28. The van der Waals surface area contributed by atoms with Gasteiger partial charge in [-0.1, -0.05) is 15.9 Å². The number of imidazole rings is 1. The van der Waals surface area contributed by atoms with E-state index in [-0.39, 0.29) is 0 Å². The van der Waals surface area contributed by atoms with Crippen molar-refractivity contribution in [3.05, 3.63) is 58.3 Å². The van der Waals surface area contributed by atoms with Crippen LogP contribution in [0.5, 0.6) is 0 Å². The summed E-state index contributed by atoms with van der Waals surface area (Å²) in [6.07, 6.45) is 0. The van der Waals surface area contributed by atoms with E-state index in [1.54, 1.807) is 12.1 Å². The molecule has 5 heteroatoms. The van der Waals surface area contributed by atoms with Crippen LogP contribution >= 0.6 is 27.5 Å². The van der Waals surface area contributed by atoms with Crippen molar-refractivity contribution in [1.29, 1.82) is 5.26 Å². The van der Waals surface area contributed by atoms with E-state index in [0.717, 1.165) is 27.0 Å². The first kappa shape index (κ1) is 13.2. The van der Waals surface area contributed by atoms with Crippen molar-refractivity contribution < 1.29 is 0 Å². The lowest BCUT2D eigenvalue weighted by Gasteiger charge is -2.08. The molecule has 0 N–H and O–H groups in total. The van der Waals surface area contributed by atoms with Gasteiger partial charge in [-0.3, -0.25) is 4.57 Å². The van der Waals surface area contributed by atoms with E-state index >= 15 is 0 Å². The summed E-state index contributed by atoms with van der Waals surface area (Å²) in [6, 6.07) is 15.4. The zero-order valence-electron chi connectivity index (χ0n) is 10.3. The number of aromatic nitrogens is 2. The number of nitrogens with zero attached hydrogens (tertiary/aromatic N) is 3. The molecule has 0 fully saturated rings. The van der Waals surface area contributed by atoms with Crippen LogP contribution in [-0.2, 0) is 5.88 Å². The molecule has 1 aromatic heterocycles. The highest BCUT2D eigenvalue weighted by atomic mass is 79.9. The van der Waals surface area contributed by atoms with E-state index < -0.39 is 0 Å². The topological polar surface area (TPSA) is 41.6 Å². The largest absolute Gasteiger partial charge is 0.295 e. The van der Waals surface area contributed by atoms with Gasteiger partial charge in [0.05, 0.1) is 28.5 Å². The lowest BCUT2D eigenvalue weighted by atomic mass is 10.2. The molecule has 0 radical (unpaired) electrons. The van der Waals surface area contributed by atoms with E-state index in [4.69, 9.17) is 16.9 Å². The van der Waals surface area contributed by atoms with Gasteiger partial charge in [-0.05, 0) is 42.5 Å². The van der Waals surface area contributed by atoms with Crippen molar-refractivity contribution in [2.75, 3.05) is 0 Å². The molecule has 0 aliphatic heterocycles. The maximum atomic E-state index is 8.87. The van der Waals surface area contributed by atoms with Gasteiger partial charge >= 0.3 is 0 Å². The first-order valence-electron chi connectivity index (χ1n) is 5.96. The first-order valence-corrected chi connectivity index (χ1v) is 7.29. The fourth-order valence-corrected chi connectivity index (χ4v) is 2.69. The monoisotopic (exact) mass is 345 g/mol. The highest BCUT2D eigenvalue weighted by Gasteiger charge is 2.12. The highest BCUT2D eigenvalue weighted by molar-refractivity contribution is 9.10. The maximum absolute atomic E-state index is 8.87. The number of hydrogen-bond acceptors (Lipinski definition) is 2. The van der Waals surface area contributed by atoms with Gasteiger partial charge < -0.3 is 0 Å². The predicted molar refractivity (Wildman–Crippen MR) is 83.0 cm³/mol. The van der Waals surface area contributed by atoms with Crippen molar-refractivity contribution in [3.8, 4) is 11.8 Å². The average Bonchev–Trinajstić information content (AvgIpc) is 2.85. The molecule has 0 unspecified atom stereocenters. The highest BCUT2D eigenvalue weighted by Crippen LogP contribution is 2.25. The number of nitriles is 1. The quantitative estimate of drug-likeness (QED) is 0.645. The molecule has 0 saturated carbocycles. The van der Waals surface area contributed by atoms with Crippen LogP contribution in [0.2, 0.25) is 0 Å². The molecule has 0 amide bonds. The van der Waals surface area contributed by atoms with Crippen LogP contribution in [0.3, 0.4) is 0 Å². The first-order chi connectivity index (χ1) is 9.72. The van der Waals surface area contributed by atoms with Gasteiger partial charge in [-0.25, -0.2) is 4.98 Å². The molecular weight excluding hydrogens is 338 g/mol. The molecule has 0 aliphatic rings. The van der Waals surface area contributed by atoms with Crippen molar-refractivity contribution in [3.63, 3.8) is 0 Å². The Morgan fingerprint density at radius 1 is 1.20 bits per heavy atom. The number of hydrogen-bond donors (Lipinski definition) is 0. The van der Waals surface area contributed by atoms with Crippen LogP contribution in [0.4, 0.5) is 0 Å². The third-order valence-electron chi connectivity index (χ3n) is 3.06. The molecule has 0 atom stereocenters. The number of halogens is 2. The molecule has 3 nitrogen and oxygen atoms in total. The summed E-state index contributed by atoms with van der Waals surface area (Å²) in [5.74, 6) is 1.11. The van der Waals surface area contributed by atoms with Gasteiger partial charge in [-0.2, -0.15) is 5.26 Å². The molecule has 3 aromatic rings. The van der Waals surface area contributed by atoms with Crippen molar-refractivity contribution >= 4 is 38.6 Å². The molecule has 1 heterocycles. The normalized spacial score (nSPS) is 10.7. The number of alkyl halides is 1. The second-order valence-corrected chi connectivity index (χ2v) is 5.47. The van der Waals surface area contributed by atoms with Crippen LogP contribution in [0, 0.1) is 11.3 Å². The Morgan fingerprint density at radius 3 is 2.60 bits per heavy atom. The standard InChI is InChI=1S/C15H9BrClN3/c16-11-3-6-13-14(7-11)20(15(8-17)19-13)12-4-1-10(9-18)2-5-12/h1-7H,8H2. The lowest BCUT2D eigenvalue weighted by molar-refractivity contribution is 0.981. The molecule has 3 rings (SSSR count). The summed E-state index contributed by atoms with van der Waals surface area (Å²) in [6.45, 7) is 0. The van der Waals surface area contributed by atoms with Gasteiger partial charge in [0, 0.05) is 10.2 Å². The van der Waals surface area contributed by atoms with Gasteiger partial charge in [-0.15, -0.1) is 11.6 Å². The Labute approximate surface area is 129 Å². The Morgan fingerprint density at radius 2 is 1.95 bits per heavy atom. The zero-order valence-corrected chi connectivity index (χ0v) is 12.7. The number of benzene rings is 2. The molecule has 0 bridgehead atoms. The number of rotatable bonds is 2. The SMILES string of the molecule is N#Cc1ccc(-n2c(CCl)nc3ccc(Br)cc32)cc1. The van der Waals surface area contributed by atoms with Gasteiger partial charge in [0.2, 0.25) is 0 Å². The van der Waals surface area contributed by atoms with Gasteiger partial charge in [0.25, 0.3) is 0 Å². The molecular formula is C15H9BrClN3. The smallest absolute Gasteiger partial charge is 0.129 e. The summed E-state index contributed by atoms with van der Waals surface area (Å²) in [5.41, 5.74) is 3.46. The van der Waals surface area contributed by atoms with Crippen molar-refractivity contribution in [2.45, 2.75) is 5.88 Å². The third-order valence-corrected chi connectivity index (χ3v) is 3.79. The van der Waals surface area contributed by atoms with Crippen LogP contribution in [0.15, 0.2) is 46.9 Å². The maximum Gasteiger partial charge on any atom is 0.129 e. The van der Waals surface area contributed by atoms with Crippen molar-refractivity contribution in [1.82, 2.24) is 9.55 Å². The minimum Gasteiger partial charge on any atom is -0.295 e. The van der Waals surface area contributed by atoms with E-state index in [1.807, 2.05) is 34.9 Å². The fraction of sp³-hybridized carbons (Fsp3) is 0.0667. The summed E-state index contributed by atoms with van der Waals surface area (Å²) < 4.78 is 3.00. The van der Waals surface area contributed by atoms with Crippen molar-refractivity contribution in [2.24, 2.45) is 0 Å². The molecule has 98 valence electrons. The molecule has 20 heavy (non-hydrogen) atoms. The summed E-state index contributed by atoms with van der Waals surface area (Å²) in [7, 11) is 0. The molecule has 0 spiro atoms. The number of fused-ring (bicyclic) bond motifs is 1. The van der Waals surface area contributed by atoms with Gasteiger partial charge in [0.15, 0.2) is 0 Å². The molecule has 0 saturated heterocycles. The fourth-order valence-electron chi connectivity index (χ4n) is 2.16. The Bertz CT molecular complexity index is 815. The van der Waals surface area contributed by atoms with Crippen LogP contribution in [0.25, 0.3) is 16.7 Å². The van der Waals surface area contributed by atoms with Gasteiger partial charge in [0.1, 0.15) is 5.82 Å². The second-order valence-electron chi connectivity index (χ2n) is 4.29. The summed E-state index contributed by atoms with van der Waals surface area (Å²) in [5, 5.41) is 8.87.